The molecule has 1 aliphatic rings. The highest BCUT2D eigenvalue weighted by atomic mass is 32.2. The molecule has 0 amide bonds. The third-order valence-electron chi connectivity index (χ3n) is 2.95. The Hall–Kier alpha value is -0.620. The minimum Gasteiger partial charge on any atom is -0.387 e. The van der Waals surface area contributed by atoms with Gasteiger partial charge in [0.15, 0.2) is 0 Å². The molecular weight excluding hydrogens is 226 g/mol. The van der Waals surface area contributed by atoms with Crippen LogP contribution in [0.1, 0.15) is 39.5 Å². The van der Waals surface area contributed by atoms with Crippen molar-refractivity contribution >= 4 is 15.9 Å². The second-order valence-corrected chi connectivity index (χ2v) is 6.78. The molecule has 0 bridgehead atoms. The van der Waals surface area contributed by atoms with Gasteiger partial charge in [-0.25, -0.2) is 8.42 Å². The quantitative estimate of drug-likeness (QED) is 0.559. The summed E-state index contributed by atoms with van der Waals surface area (Å²) in [5, 5.41) is 6.97. The third kappa shape index (κ3) is 2.95. The Bertz CT molecular complexity index is 345. The van der Waals surface area contributed by atoms with Crippen LogP contribution in [0.5, 0.6) is 0 Å². The number of rotatable bonds is 5. The monoisotopic (exact) mass is 247 g/mol. The maximum atomic E-state index is 12.3. The average Bonchev–Trinajstić information content (AvgIpc) is 2.66. The van der Waals surface area contributed by atoms with Crippen LogP contribution in [0.15, 0.2) is 0 Å². The largest absolute Gasteiger partial charge is 0.387 e. The lowest BCUT2D eigenvalue weighted by molar-refractivity contribution is 0.382. The van der Waals surface area contributed by atoms with Crippen molar-refractivity contribution in [3.05, 3.63) is 0 Å². The summed E-state index contributed by atoms with van der Waals surface area (Å²) in [5.74, 6) is -0.102. The van der Waals surface area contributed by atoms with Gasteiger partial charge in [0.05, 0.1) is 11.8 Å². The van der Waals surface area contributed by atoms with Gasteiger partial charge in [-0.15, -0.1) is 0 Å². The van der Waals surface area contributed by atoms with Gasteiger partial charge in [0, 0.05) is 6.04 Å². The Morgan fingerprint density at radius 2 is 1.94 bits per heavy atom. The molecule has 3 N–H and O–H groups in total. The number of hydrogen-bond acceptors (Lipinski definition) is 3. The molecule has 0 radical (unpaired) electrons. The van der Waals surface area contributed by atoms with Gasteiger partial charge >= 0.3 is 0 Å². The fourth-order valence-corrected chi connectivity index (χ4v) is 4.33. The summed E-state index contributed by atoms with van der Waals surface area (Å²) in [6.45, 7) is 3.64. The van der Waals surface area contributed by atoms with E-state index in [1.807, 2.05) is 13.8 Å². The molecule has 0 spiro atoms. The van der Waals surface area contributed by atoms with E-state index < -0.39 is 10.0 Å². The van der Waals surface area contributed by atoms with Crippen molar-refractivity contribution in [1.29, 1.82) is 5.41 Å². The van der Waals surface area contributed by atoms with Crippen LogP contribution in [-0.4, -0.2) is 36.4 Å². The SMILES string of the molecule is CC(C)N(CC(=N)N)S(=O)(=O)C1CCCC1. The highest BCUT2D eigenvalue weighted by molar-refractivity contribution is 7.89. The minimum atomic E-state index is -3.28. The van der Waals surface area contributed by atoms with Crippen LogP contribution in [0.3, 0.4) is 0 Å². The summed E-state index contributed by atoms with van der Waals surface area (Å²) < 4.78 is 25.9. The number of nitrogens with one attached hydrogen (secondary N) is 1. The van der Waals surface area contributed by atoms with Crippen molar-refractivity contribution in [2.75, 3.05) is 6.54 Å². The van der Waals surface area contributed by atoms with E-state index in [1.165, 1.54) is 4.31 Å². The van der Waals surface area contributed by atoms with E-state index in [4.69, 9.17) is 11.1 Å². The molecule has 1 rings (SSSR count). The zero-order valence-corrected chi connectivity index (χ0v) is 10.8. The molecule has 0 aromatic rings. The number of sulfonamides is 1. The van der Waals surface area contributed by atoms with Crippen molar-refractivity contribution in [1.82, 2.24) is 4.31 Å². The van der Waals surface area contributed by atoms with Crippen molar-refractivity contribution in [3.63, 3.8) is 0 Å². The Balaban J connectivity index is 2.87. The fourth-order valence-electron chi connectivity index (χ4n) is 2.11. The van der Waals surface area contributed by atoms with Gasteiger partial charge in [-0.3, -0.25) is 5.41 Å². The summed E-state index contributed by atoms with van der Waals surface area (Å²) in [6.07, 6.45) is 3.44. The fraction of sp³-hybridized carbons (Fsp3) is 0.900. The Kier molecular flexibility index (Phi) is 4.32. The predicted octanol–water partition coefficient (Wildman–Crippen LogP) is 0.905. The highest BCUT2D eigenvalue weighted by Gasteiger charge is 2.35. The van der Waals surface area contributed by atoms with Gasteiger partial charge in [-0.1, -0.05) is 12.8 Å². The van der Waals surface area contributed by atoms with Crippen LogP contribution in [0, 0.1) is 5.41 Å². The topological polar surface area (TPSA) is 87.2 Å². The van der Waals surface area contributed by atoms with Gasteiger partial charge in [-0.2, -0.15) is 4.31 Å². The highest BCUT2D eigenvalue weighted by Crippen LogP contribution is 2.27. The molecule has 16 heavy (non-hydrogen) atoms. The molecule has 5 nitrogen and oxygen atoms in total. The molecular formula is C10H21N3O2S. The number of nitrogens with zero attached hydrogens (tertiary/aromatic N) is 1. The van der Waals surface area contributed by atoms with Crippen LogP contribution >= 0.6 is 0 Å². The molecule has 0 aromatic heterocycles. The van der Waals surface area contributed by atoms with Crippen molar-refractivity contribution in [2.24, 2.45) is 5.73 Å². The number of nitrogens with two attached hydrogens (primary N) is 1. The van der Waals surface area contributed by atoms with E-state index in [9.17, 15) is 8.42 Å². The molecule has 0 heterocycles. The Morgan fingerprint density at radius 3 is 2.31 bits per heavy atom. The Labute approximate surface area is 97.6 Å². The molecule has 1 aliphatic carbocycles. The summed E-state index contributed by atoms with van der Waals surface area (Å²) in [5.41, 5.74) is 5.30. The molecule has 1 fully saturated rings. The smallest absolute Gasteiger partial charge is 0.217 e. The normalized spacial score (nSPS) is 18.5. The maximum absolute atomic E-state index is 12.3. The van der Waals surface area contributed by atoms with Crippen molar-refractivity contribution in [2.45, 2.75) is 50.8 Å². The number of hydrogen-bond donors (Lipinski definition) is 2. The van der Waals surface area contributed by atoms with Gasteiger partial charge in [0.25, 0.3) is 0 Å². The molecule has 0 unspecified atom stereocenters. The lowest BCUT2D eigenvalue weighted by Crippen LogP contribution is -2.46. The summed E-state index contributed by atoms with van der Waals surface area (Å²) in [4.78, 5) is 0. The van der Waals surface area contributed by atoms with Gasteiger partial charge < -0.3 is 5.73 Å². The predicted molar refractivity (Wildman–Crippen MR) is 64.9 cm³/mol. The molecule has 0 saturated heterocycles. The lowest BCUT2D eigenvalue weighted by atomic mass is 10.4. The molecule has 6 heteroatoms. The summed E-state index contributed by atoms with van der Waals surface area (Å²) in [6, 6.07) is -0.144. The molecule has 0 atom stereocenters. The van der Waals surface area contributed by atoms with E-state index in [0.717, 1.165) is 25.7 Å². The van der Waals surface area contributed by atoms with Gasteiger partial charge in [-0.05, 0) is 26.7 Å². The summed E-state index contributed by atoms with van der Waals surface area (Å²) in [7, 11) is -3.28. The molecule has 1 saturated carbocycles. The first-order valence-corrected chi connectivity index (χ1v) is 7.19. The van der Waals surface area contributed by atoms with E-state index in [2.05, 4.69) is 0 Å². The maximum Gasteiger partial charge on any atom is 0.217 e. The van der Waals surface area contributed by atoms with E-state index in [1.54, 1.807) is 0 Å². The van der Waals surface area contributed by atoms with Gasteiger partial charge in [0.2, 0.25) is 10.0 Å². The average molecular weight is 247 g/mol. The first-order valence-electron chi connectivity index (χ1n) is 5.69. The lowest BCUT2D eigenvalue weighted by Gasteiger charge is -2.28. The molecule has 94 valence electrons. The van der Waals surface area contributed by atoms with Crippen LogP contribution in [0.25, 0.3) is 0 Å². The zero-order valence-electron chi connectivity index (χ0n) is 9.94. The molecule has 0 aliphatic heterocycles. The van der Waals surface area contributed by atoms with Crippen molar-refractivity contribution < 1.29 is 8.42 Å². The Morgan fingerprint density at radius 1 is 1.44 bits per heavy atom. The first kappa shape index (κ1) is 13.4. The zero-order chi connectivity index (χ0) is 12.3. The van der Waals surface area contributed by atoms with Crippen LogP contribution in [0.4, 0.5) is 0 Å². The van der Waals surface area contributed by atoms with Gasteiger partial charge in [0.1, 0.15) is 5.84 Å². The third-order valence-corrected chi connectivity index (χ3v) is 5.47. The first-order chi connectivity index (χ1) is 7.35. The van der Waals surface area contributed by atoms with E-state index >= 15 is 0 Å². The van der Waals surface area contributed by atoms with E-state index in [0.29, 0.717) is 0 Å². The number of amidine groups is 1. The van der Waals surface area contributed by atoms with Crippen molar-refractivity contribution in [3.8, 4) is 0 Å². The van der Waals surface area contributed by atoms with E-state index in [-0.39, 0.29) is 23.7 Å². The second kappa shape index (κ2) is 5.14. The standard InChI is InChI=1S/C10H21N3O2S/c1-8(2)13(7-10(11)12)16(14,15)9-5-3-4-6-9/h8-9H,3-7H2,1-2H3,(H3,11,12). The summed E-state index contributed by atoms with van der Waals surface area (Å²) >= 11 is 0. The minimum absolute atomic E-state index is 0.0104. The molecule has 0 aromatic carbocycles. The second-order valence-electron chi connectivity index (χ2n) is 4.62. The van der Waals surface area contributed by atoms with Crippen LogP contribution in [0.2, 0.25) is 0 Å². The van der Waals surface area contributed by atoms with Crippen LogP contribution in [-0.2, 0) is 10.0 Å². The van der Waals surface area contributed by atoms with Crippen LogP contribution < -0.4 is 5.73 Å².